The number of aromatic nitrogens is 2. The number of nitrogens with zero attached hydrogens (tertiary/aromatic N) is 2. The minimum absolute atomic E-state index is 0.0609. The predicted molar refractivity (Wildman–Crippen MR) is 98.2 cm³/mol. The van der Waals surface area contributed by atoms with E-state index in [1.165, 1.54) is 13.0 Å². The minimum Gasteiger partial charge on any atom is -0.449 e. The summed E-state index contributed by atoms with van der Waals surface area (Å²) in [5.41, 5.74) is 2.05. The summed E-state index contributed by atoms with van der Waals surface area (Å²) in [5.74, 6) is -3.46. The Hall–Kier alpha value is -3.55. The van der Waals surface area contributed by atoms with Crippen molar-refractivity contribution in [2.24, 2.45) is 0 Å². The predicted octanol–water partition coefficient (Wildman–Crippen LogP) is 3.64. The van der Waals surface area contributed by atoms with Crippen LogP contribution in [0.3, 0.4) is 0 Å². The smallest absolute Gasteiger partial charge is 0.338 e. The highest BCUT2D eigenvalue weighted by molar-refractivity contribution is 5.97. The zero-order valence-electron chi connectivity index (χ0n) is 15.1. The standard InChI is InChI=1S/C20H17F2N3O3/c1-12-9-10-23-25(12)16-6-3-14(4-7-16)20(27)28-13(2)19(26)24-15-5-8-17(21)18(22)11-15/h3-11,13H,1-2H3,(H,24,26)/t13-/m1/s1. The lowest BCUT2D eigenvalue weighted by atomic mass is 10.2. The lowest BCUT2D eigenvalue weighted by Crippen LogP contribution is -2.30. The molecule has 1 atom stereocenters. The molecule has 2 aromatic carbocycles. The van der Waals surface area contributed by atoms with Gasteiger partial charge in [0.2, 0.25) is 0 Å². The van der Waals surface area contributed by atoms with Gasteiger partial charge >= 0.3 is 5.97 Å². The first-order chi connectivity index (χ1) is 13.3. The number of halogens is 2. The maximum atomic E-state index is 13.2. The van der Waals surface area contributed by atoms with E-state index in [1.54, 1.807) is 35.1 Å². The van der Waals surface area contributed by atoms with Gasteiger partial charge in [0.05, 0.1) is 11.3 Å². The summed E-state index contributed by atoms with van der Waals surface area (Å²) >= 11 is 0. The Morgan fingerprint density at radius 2 is 1.79 bits per heavy atom. The summed E-state index contributed by atoms with van der Waals surface area (Å²) in [4.78, 5) is 24.3. The van der Waals surface area contributed by atoms with Crippen LogP contribution in [0.1, 0.15) is 23.0 Å². The van der Waals surface area contributed by atoms with Crippen molar-refractivity contribution in [3.05, 3.63) is 77.6 Å². The van der Waals surface area contributed by atoms with Gasteiger partial charge in [-0.2, -0.15) is 5.10 Å². The number of ether oxygens (including phenoxy) is 1. The molecule has 3 aromatic rings. The highest BCUT2D eigenvalue weighted by atomic mass is 19.2. The molecule has 0 radical (unpaired) electrons. The Morgan fingerprint density at radius 1 is 1.07 bits per heavy atom. The summed E-state index contributed by atoms with van der Waals surface area (Å²) in [6.07, 6.45) is 0.541. The Balaban J connectivity index is 1.62. The fourth-order valence-corrected chi connectivity index (χ4v) is 2.48. The number of anilines is 1. The molecule has 0 fully saturated rings. The van der Waals surface area contributed by atoms with Crippen LogP contribution in [-0.2, 0) is 9.53 Å². The first-order valence-electron chi connectivity index (χ1n) is 8.43. The molecule has 28 heavy (non-hydrogen) atoms. The molecule has 1 N–H and O–H groups in total. The molecule has 0 aliphatic carbocycles. The molecule has 0 aliphatic rings. The number of carbonyl (C=O) groups excluding carboxylic acids is 2. The van der Waals surface area contributed by atoms with Gasteiger partial charge in [0.15, 0.2) is 17.7 Å². The normalized spacial score (nSPS) is 11.7. The maximum Gasteiger partial charge on any atom is 0.338 e. The number of hydrogen-bond acceptors (Lipinski definition) is 4. The SMILES string of the molecule is Cc1ccnn1-c1ccc(C(=O)O[C@H](C)C(=O)Nc2ccc(F)c(F)c2)cc1. The van der Waals surface area contributed by atoms with Crippen LogP contribution in [0.25, 0.3) is 5.69 Å². The van der Waals surface area contributed by atoms with Gasteiger partial charge in [-0.25, -0.2) is 18.3 Å². The molecule has 0 saturated heterocycles. The number of benzene rings is 2. The number of esters is 1. The maximum absolute atomic E-state index is 13.2. The van der Waals surface area contributed by atoms with Crippen molar-refractivity contribution in [2.75, 3.05) is 5.32 Å². The summed E-state index contributed by atoms with van der Waals surface area (Å²) in [5, 5.41) is 6.55. The fraction of sp³-hybridized carbons (Fsp3) is 0.150. The zero-order valence-corrected chi connectivity index (χ0v) is 15.1. The van der Waals surface area contributed by atoms with Crippen LogP contribution in [0, 0.1) is 18.6 Å². The van der Waals surface area contributed by atoms with Gasteiger partial charge in [-0.05, 0) is 56.3 Å². The molecule has 8 heteroatoms. The van der Waals surface area contributed by atoms with Gasteiger partial charge in [-0.1, -0.05) is 0 Å². The van der Waals surface area contributed by atoms with Crippen LogP contribution >= 0.6 is 0 Å². The van der Waals surface area contributed by atoms with Crippen molar-refractivity contribution in [1.82, 2.24) is 9.78 Å². The Labute approximate surface area is 159 Å². The second-order valence-corrected chi connectivity index (χ2v) is 6.10. The average molecular weight is 385 g/mol. The Kier molecular flexibility index (Phi) is 5.49. The van der Waals surface area contributed by atoms with Crippen LogP contribution in [0.5, 0.6) is 0 Å². The lowest BCUT2D eigenvalue weighted by molar-refractivity contribution is -0.123. The van der Waals surface area contributed by atoms with E-state index in [0.29, 0.717) is 0 Å². The molecule has 6 nitrogen and oxygen atoms in total. The van der Waals surface area contributed by atoms with Crippen molar-refractivity contribution in [2.45, 2.75) is 20.0 Å². The van der Waals surface area contributed by atoms with E-state index < -0.39 is 29.6 Å². The number of aryl methyl sites for hydroxylation is 1. The third-order valence-electron chi connectivity index (χ3n) is 4.02. The summed E-state index contributed by atoms with van der Waals surface area (Å²) in [6.45, 7) is 3.29. The molecule has 1 amide bonds. The van der Waals surface area contributed by atoms with E-state index in [9.17, 15) is 18.4 Å². The molecule has 0 saturated carbocycles. The summed E-state index contributed by atoms with van der Waals surface area (Å²) in [7, 11) is 0. The first kappa shape index (κ1) is 19.2. The molecule has 0 aliphatic heterocycles. The van der Waals surface area contributed by atoms with E-state index in [0.717, 1.165) is 23.5 Å². The second kappa shape index (κ2) is 7.99. The van der Waals surface area contributed by atoms with E-state index in [2.05, 4.69) is 10.4 Å². The minimum atomic E-state index is -1.13. The van der Waals surface area contributed by atoms with Gasteiger partial charge in [-0.15, -0.1) is 0 Å². The summed E-state index contributed by atoms with van der Waals surface area (Å²) < 4.78 is 33.0. The van der Waals surface area contributed by atoms with Gasteiger partial charge in [0, 0.05) is 23.6 Å². The van der Waals surface area contributed by atoms with E-state index in [4.69, 9.17) is 4.74 Å². The van der Waals surface area contributed by atoms with E-state index >= 15 is 0 Å². The number of rotatable bonds is 5. The second-order valence-electron chi connectivity index (χ2n) is 6.10. The van der Waals surface area contributed by atoms with Crippen LogP contribution in [0.4, 0.5) is 14.5 Å². The molecular formula is C20H17F2N3O3. The van der Waals surface area contributed by atoms with Crippen molar-refractivity contribution >= 4 is 17.6 Å². The quantitative estimate of drug-likeness (QED) is 0.681. The molecule has 1 aromatic heterocycles. The van der Waals surface area contributed by atoms with Gasteiger partial charge < -0.3 is 10.1 Å². The van der Waals surface area contributed by atoms with Gasteiger partial charge in [0.1, 0.15) is 0 Å². The lowest BCUT2D eigenvalue weighted by Gasteiger charge is -2.14. The van der Waals surface area contributed by atoms with Gasteiger partial charge in [-0.3, -0.25) is 4.79 Å². The van der Waals surface area contributed by atoms with Crippen LogP contribution < -0.4 is 5.32 Å². The highest BCUT2D eigenvalue weighted by Crippen LogP contribution is 2.15. The van der Waals surface area contributed by atoms with Crippen molar-refractivity contribution in [1.29, 1.82) is 0 Å². The van der Waals surface area contributed by atoms with Crippen molar-refractivity contribution in [3.8, 4) is 5.69 Å². The molecule has 144 valence electrons. The fourth-order valence-electron chi connectivity index (χ4n) is 2.48. The van der Waals surface area contributed by atoms with E-state index in [1.807, 2.05) is 13.0 Å². The summed E-state index contributed by atoms with van der Waals surface area (Å²) in [6, 6.07) is 11.4. The molecule has 0 bridgehead atoms. The Morgan fingerprint density at radius 3 is 2.39 bits per heavy atom. The molecule has 0 unspecified atom stereocenters. The van der Waals surface area contributed by atoms with Crippen LogP contribution in [0.15, 0.2) is 54.7 Å². The molecular weight excluding hydrogens is 368 g/mol. The number of hydrogen-bond donors (Lipinski definition) is 1. The molecule has 0 spiro atoms. The zero-order chi connectivity index (χ0) is 20.3. The van der Waals surface area contributed by atoms with E-state index in [-0.39, 0.29) is 11.3 Å². The first-order valence-corrected chi connectivity index (χ1v) is 8.43. The largest absolute Gasteiger partial charge is 0.449 e. The highest BCUT2D eigenvalue weighted by Gasteiger charge is 2.19. The Bertz CT molecular complexity index is 1020. The van der Waals surface area contributed by atoms with Crippen LogP contribution in [0.2, 0.25) is 0 Å². The van der Waals surface area contributed by atoms with Gasteiger partial charge in [0.25, 0.3) is 5.91 Å². The third-order valence-corrected chi connectivity index (χ3v) is 4.02. The topological polar surface area (TPSA) is 73.2 Å². The van der Waals surface area contributed by atoms with Crippen molar-refractivity contribution in [3.63, 3.8) is 0 Å². The molecule has 1 heterocycles. The van der Waals surface area contributed by atoms with Crippen LogP contribution in [-0.4, -0.2) is 27.8 Å². The average Bonchev–Trinajstić information content (AvgIpc) is 3.10. The monoisotopic (exact) mass is 385 g/mol. The number of amides is 1. The van der Waals surface area contributed by atoms with Crippen molar-refractivity contribution < 1.29 is 23.1 Å². The number of carbonyl (C=O) groups is 2. The number of nitrogens with one attached hydrogen (secondary N) is 1. The molecule has 3 rings (SSSR count). The third kappa shape index (κ3) is 4.22.